The van der Waals surface area contributed by atoms with Crippen LogP contribution in [0.1, 0.15) is 12.1 Å². The van der Waals surface area contributed by atoms with E-state index < -0.39 is 68.8 Å². The number of rotatable bonds is 5. The van der Waals surface area contributed by atoms with Gasteiger partial charge < -0.3 is 30.5 Å². The van der Waals surface area contributed by atoms with Gasteiger partial charge >= 0.3 is 5.97 Å². The number of aromatic nitrogens is 1. The topological polar surface area (TPSA) is 210 Å². The standard InChI is InChI=1S/C15H15N5O9S2/c1-28-19-8(6-3-30-14(16)17-6)10(22)18-9-11(23)20-12(9)31(26,27)4-5-2-7(21)29-15(5,20)13(24)25/h3,5,9,12H,2,4H2,1H3,(H2,16,17)(H,18,22)(H,24,25)/p-1/b19-8-/t5-,9+,12+,15+/m0/s1. The molecule has 4 atom stereocenters. The SMILES string of the molecule is CO/N=C(\C(=O)N[C@@H]1C(=O)N2[C@@H]1S(=O)(=O)C[C@@H]1CC(=O)O[C@@]12C(=O)[O-])c1csc(N)n1. The summed E-state index contributed by atoms with van der Waals surface area (Å²) in [6.45, 7) is 0. The van der Waals surface area contributed by atoms with Crippen LogP contribution < -0.4 is 16.2 Å². The fourth-order valence-corrected chi connectivity index (χ4v) is 6.79. The largest absolute Gasteiger partial charge is 0.544 e. The first-order valence-corrected chi connectivity index (χ1v) is 11.2. The number of thiazole rings is 1. The smallest absolute Gasteiger partial charge is 0.308 e. The molecule has 0 saturated carbocycles. The minimum absolute atomic E-state index is 0.0213. The molecule has 166 valence electrons. The number of esters is 1. The predicted molar refractivity (Wildman–Crippen MR) is 98.4 cm³/mol. The van der Waals surface area contributed by atoms with Gasteiger partial charge in [-0.05, 0) is 0 Å². The number of nitrogens with one attached hydrogen (secondary N) is 1. The monoisotopic (exact) mass is 472 g/mol. The molecule has 3 aliphatic heterocycles. The number of nitrogens with zero attached hydrogens (tertiary/aromatic N) is 3. The average Bonchev–Trinajstić information content (AvgIpc) is 3.24. The summed E-state index contributed by atoms with van der Waals surface area (Å²) in [6, 6.07) is -1.65. The van der Waals surface area contributed by atoms with Crippen LogP contribution in [0.15, 0.2) is 10.5 Å². The quantitative estimate of drug-likeness (QED) is 0.183. The molecule has 0 spiro atoms. The maximum Gasteiger partial charge on any atom is 0.308 e. The highest BCUT2D eigenvalue weighted by molar-refractivity contribution is 7.92. The Bertz CT molecular complexity index is 1150. The number of amides is 2. The molecular weight excluding hydrogens is 458 g/mol. The maximum absolute atomic E-state index is 12.8. The summed E-state index contributed by atoms with van der Waals surface area (Å²) in [7, 11) is -2.98. The molecule has 0 bridgehead atoms. The maximum atomic E-state index is 12.8. The number of sulfone groups is 1. The molecule has 0 aromatic carbocycles. The van der Waals surface area contributed by atoms with Crippen molar-refractivity contribution in [1.82, 2.24) is 15.2 Å². The normalized spacial score (nSPS) is 31.2. The minimum atomic E-state index is -4.14. The number of nitrogen functional groups attached to an aromatic ring is 1. The average molecular weight is 472 g/mol. The van der Waals surface area contributed by atoms with Crippen LogP contribution in [0.2, 0.25) is 0 Å². The number of oxime groups is 1. The molecule has 4 heterocycles. The first kappa shape index (κ1) is 21.0. The summed E-state index contributed by atoms with van der Waals surface area (Å²) in [6.07, 6.45) is -0.503. The van der Waals surface area contributed by atoms with Crippen molar-refractivity contribution in [2.45, 2.75) is 23.6 Å². The number of fused-ring (bicyclic) bond motifs is 3. The highest BCUT2D eigenvalue weighted by atomic mass is 32.2. The van der Waals surface area contributed by atoms with Crippen LogP contribution in [0.5, 0.6) is 0 Å². The van der Waals surface area contributed by atoms with E-state index in [1.165, 1.54) is 5.38 Å². The summed E-state index contributed by atoms with van der Waals surface area (Å²) in [5.41, 5.74) is 2.63. The number of carboxylic acids is 1. The molecule has 1 aromatic heterocycles. The first-order chi connectivity index (χ1) is 14.5. The Labute approximate surface area is 177 Å². The zero-order valence-electron chi connectivity index (χ0n) is 15.6. The molecular formula is C15H14N5O9S2-. The molecule has 3 N–H and O–H groups in total. The van der Waals surface area contributed by atoms with Crippen molar-refractivity contribution < 1.29 is 42.3 Å². The fraction of sp³-hybridized carbons (Fsp3) is 0.467. The molecule has 31 heavy (non-hydrogen) atoms. The number of aliphatic carboxylic acids is 1. The fourth-order valence-electron chi connectivity index (χ4n) is 3.96. The lowest BCUT2D eigenvalue weighted by Crippen LogP contribution is -2.85. The molecule has 0 unspecified atom stereocenters. The Morgan fingerprint density at radius 3 is 2.77 bits per heavy atom. The minimum Gasteiger partial charge on any atom is -0.544 e. The van der Waals surface area contributed by atoms with Gasteiger partial charge in [0.1, 0.15) is 24.8 Å². The number of ether oxygens (including phenoxy) is 1. The van der Waals surface area contributed by atoms with Crippen molar-refractivity contribution in [3.05, 3.63) is 11.1 Å². The third kappa shape index (κ3) is 2.93. The van der Waals surface area contributed by atoms with Gasteiger partial charge in [-0.25, -0.2) is 13.4 Å². The number of anilines is 1. The van der Waals surface area contributed by atoms with Crippen molar-refractivity contribution in [2.75, 3.05) is 18.6 Å². The van der Waals surface area contributed by atoms with Gasteiger partial charge in [0.05, 0.1) is 12.2 Å². The van der Waals surface area contributed by atoms with E-state index in [9.17, 15) is 32.7 Å². The zero-order chi connectivity index (χ0) is 22.7. The second-order valence-corrected chi connectivity index (χ2v) is 9.96. The van der Waals surface area contributed by atoms with Gasteiger partial charge in [-0.2, -0.15) is 0 Å². The van der Waals surface area contributed by atoms with Crippen molar-refractivity contribution in [2.24, 2.45) is 11.1 Å². The molecule has 1 aromatic rings. The van der Waals surface area contributed by atoms with Crippen LogP contribution in [0, 0.1) is 5.92 Å². The molecule has 3 fully saturated rings. The molecule has 4 rings (SSSR count). The van der Waals surface area contributed by atoms with E-state index >= 15 is 0 Å². The van der Waals surface area contributed by atoms with Gasteiger partial charge in [-0.15, -0.1) is 11.3 Å². The van der Waals surface area contributed by atoms with E-state index in [2.05, 4.69) is 20.3 Å². The third-order valence-electron chi connectivity index (χ3n) is 5.18. The van der Waals surface area contributed by atoms with E-state index in [1.807, 2.05) is 0 Å². The number of carbonyl (C=O) groups is 4. The number of carboxylic acid groups (broad SMARTS) is 1. The number of carbonyl (C=O) groups excluding carboxylic acids is 4. The van der Waals surface area contributed by atoms with E-state index in [1.54, 1.807) is 0 Å². The van der Waals surface area contributed by atoms with Crippen molar-refractivity contribution in [3.63, 3.8) is 0 Å². The molecule has 3 saturated heterocycles. The van der Waals surface area contributed by atoms with Gasteiger partial charge in [0.2, 0.25) is 5.72 Å². The zero-order valence-corrected chi connectivity index (χ0v) is 17.3. The summed E-state index contributed by atoms with van der Waals surface area (Å²) in [5.74, 6) is -7.03. The highest BCUT2D eigenvalue weighted by Crippen LogP contribution is 2.48. The Morgan fingerprint density at radius 2 is 2.19 bits per heavy atom. The van der Waals surface area contributed by atoms with Crippen molar-refractivity contribution in [3.8, 4) is 0 Å². The first-order valence-electron chi connectivity index (χ1n) is 8.64. The van der Waals surface area contributed by atoms with E-state index in [-0.39, 0.29) is 16.5 Å². The van der Waals surface area contributed by atoms with Gasteiger partial charge in [0, 0.05) is 11.3 Å². The number of hydrogen-bond acceptors (Lipinski definition) is 13. The lowest BCUT2D eigenvalue weighted by Gasteiger charge is -2.58. The Morgan fingerprint density at radius 1 is 1.48 bits per heavy atom. The van der Waals surface area contributed by atoms with Crippen LogP contribution >= 0.6 is 11.3 Å². The second kappa shape index (κ2) is 6.88. The molecule has 3 aliphatic rings. The van der Waals surface area contributed by atoms with Crippen LogP contribution in [-0.2, 0) is 38.6 Å². The van der Waals surface area contributed by atoms with Crippen LogP contribution in [-0.4, -0.2) is 77.8 Å². The molecule has 0 radical (unpaired) electrons. The molecule has 0 aliphatic carbocycles. The summed E-state index contributed by atoms with van der Waals surface area (Å²) >= 11 is 1.00. The van der Waals surface area contributed by atoms with E-state index in [0.717, 1.165) is 18.4 Å². The molecule has 16 heteroatoms. The van der Waals surface area contributed by atoms with Gasteiger partial charge in [-0.3, -0.25) is 19.3 Å². The predicted octanol–water partition coefficient (Wildman–Crippen LogP) is -3.83. The Kier molecular flexibility index (Phi) is 4.65. The third-order valence-corrected chi connectivity index (χ3v) is 7.94. The van der Waals surface area contributed by atoms with Gasteiger partial charge in [0.15, 0.2) is 26.1 Å². The van der Waals surface area contributed by atoms with E-state index in [4.69, 9.17) is 10.5 Å². The summed E-state index contributed by atoms with van der Waals surface area (Å²) < 4.78 is 30.4. The van der Waals surface area contributed by atoms with Crippen LogP contribution in [0.4, 0.5) is 5.13 Å². The van der Waals surface area contributed by atoms with Crippen LogP contribution in [0.25, 0.3) is 0 Å². The van der Waals surface area contributed by atoms with Crippen molar-refractivity contribution in [1.29, 1.82) is 0 Å². The Hall–Kier alpha value is -3.27. The van der Waals surface area contributed by atoms with E-state index in [0.29, 0.717) is 4.90 Å². The van der Waals surface area contributed by atoms with Gasteiger partial charge in [0.25, 0.3) is 11.8 Å². The lowest BCUT2D eigenvalue weighted by atomic mass is 9.89. The second-order valence-electron chi connectivity index (χ2n) is 6.93. The van der Waals surface area contributed by atoms with Crippen LogP contribution in [0.3, 0.4) is 0 Å². The van der Waals surface area contributed by atoms with Crippen molar-refractivity contribution >= 4 is 55.8 Å². The lowest BCUT2D eigenvalue weighted by molar-refractivity contribution is -0.340. The number of β-lactam (4-membered cyclic amide) rings is 1. The molecule has 2 amide bonds. The van der Waals surface area contributed by atoms with Gasteiger partial charge in [-0.1, -0.05) is 5.16 Å². The number of nitrogens with two attached hydrogens (primary N) is 1. The Balaban J connectivity index is 1.66. The summed E-state index contributed by atoms with van der Waals surface area (Å²) in [5, 5.41) is 17.3. The number of hydrogen-bond donors (Lipinski definition) is 2. The summed E-state index contributed by atoms with van der Waals surface area (Å²) in [4.78, 5) is 58.0. The highest BCUT2D eigenvalue weighted by Gasteiger charge is 2.72. The molecule has 14 nitrogen and oxygen atoms in total.